The average molecular weight is 223 g/mol. The fourth-order valence-corrected chi connectivity index (χ4v) is 1.84. The Balaban J connectivity index is 2.18. The third kappa shape index (κ3) is 2.09. The summed E-state index contributed by atoms with van der Waals surface area (Å²) in [5.41, 5.74) is 1.48. The standard InChI is InChI=1S/C11H17N3O2/c1-3-13-10(8-9(2)12-13)11(15)14-6-4-5-7-16-14/h8H,3-7H2,1-2H3. The van der Waals surface area contributed by atoms with Crippen LogP contribution >= 0.6 is 0 Å². The zero-order valence-electron chi connectivity index (χ0n) is 9.77. The Morgan fingerprint density at radius 3 is 3.00 bits per heavy atom. The lowest BCUT2D eigenvalue weighted by Gasteiger charge is -2.25. The second-order valence-electron chi connectivity index (χ2n) is 3.93. The van der Waals surface area contributed by atoms with Crippen LogP contribution in [0.5, 0.6) is 0 Å². The molecule has 1 fully saturated rings. The molecule has 0 aliphatic carbocycles. The average Bonchev–Trinajstić information content (AvgIpc) is 2.70. The molecule has 5 nitrogen and oxygen atoms in total. The molecule has 0 radical (unpaired) electrons. The quantitative estimate of drug-likeness (QED) is 0.761. The van der Waals surface area contributed by atoms with Crippen LogP contribution in [0.1, 0.15) is 35.9 Å². The second-order valence-corrected chi connectivity index (χ2v) is 3.93. The Bertz CT molecular complexity index is 381. The molecule has 1 aliphatic heterocycles. The first-order chi connectivity index (χ1) is 7.72. The summed E-state index contributed by atoms with van der Waals surface area (Å²) in [5, 5.41) is 5.71. The van der Waals surface area contributed by atoms with Crippen LogP contribution in [-0.4, -0.2) is 33.9 Å². The maximum absolute atomic E-state index is 12.1. The Morgan fingerprint density at radius 1 is 1.56 bits per heavy atom. The number of aromatic nitrogens is 2. The van der Waals surface area contributed by atoms with E-state index in [1.165, 1.54) is 5.06 Å². The Hall–Kier alpha value is -1.36. The van der Waals surface area contributed by atoms with E-state index >= 15 is 0 Å². The van der Waals surface area contributed by atoms with E-state index < -0.39 is 0 Å². The van der Waals surface area contributed by atoms with Crippen molar-refractivity contribution in [2.45, 2.75) is 33.2 Å². The van der Waals surface area contributed by atoms with Crippen molar-refractivity contribution >= 4 is 5.91 Å². The van der Waals surface area contributed by atoms with Crippen molar-refractivity contribution in [3.05, 3.63) is 17.5 Å². The van der Waals surface area contributed by atoms with Gasteiger partial charge in [-0.15, -0.1) is 0 Å². The number of nitrogens with zero attached hydrogens (tertiary/aromatic N) is 3. The molecule has 1 aliphatic rings. The second kappa shape index (κ2) is 4.65. The fourth-order valence-electron chi connectivity index (χ4n) is 1.84. The number of hydrogen-bond acceptors (Lipinski definition) is 3. The van der Waals surface area contributed by atoms with Gasteiger partial charge in [-0.25, -0.2) is 5.06 Å². The van der Waals surface area contributed by atoms with Crippen molar-refractivity contribution in [2.24, 2.45) is 0 Å². The monoisotopic (exact) mass is 223 g/mol. The van der Waals surface area contributed by atoms with Gasteiger partial charge in [0.2, 0.25) is 0 Å². The van der Waals surface area contributed by atoms with E-state index in [9.17, 15) is 4.79 Å². The Kier molecular flexibility index (Phi) is 3.24. The van der Waals surface area contributed by atoms with Crippen molar-refractivity contribution in [2.75, 3.05) is 13.2 Å². The van der Waals surface area contributed by atoms with Crippen LogP contribution in [-0.2, 0) is 11.4 Å². The van der Waals surface area contributed by atoms with Crippen molar-refractivity contribution in [1.29, 1.82) is 0 Å². The van der Waals surface area contributed by atoms with Gasteiger partial charge in [0.25, 0.3) is 5.91 Å². The predicted octanol–water partition coefficient (Wildman–Crippen LogP) is 1.38. The maximum atomic E-state index is 12.1. The SMILES string of the molecule is CCn1nc(C)cc1C(=O)N1CCCCO1. The van der Waals surface area contributed by atoms with Crippen LogP contribution in [0.4, 0.5) is 0 Å². The molecular formula is C11H17N3O2. The van der Waals surface area contributed by atoms with Gasteiger partial charge < -0.3 is 0 Å². The molecule has 1 saturated heterocycles. The molecule has 0 N–H and O–H groups in total. The summed E-state index contributed by atoms with van der Waals surface area (Å²) in [4.78, 5) is 17.5. The van der Waals surface area contributed by atoms with Gasteiger partial charge in [-0.1, -0.05) is 0 Å². The molecule has 1 amide bonds. The lowest BCUT2D eigenvalue weighted by Crippen LogP contribution is -2.36. The number of rotatable bonds is 2. The summed E-state index contributed by atoms with van der Waals surface area (Å²) in [7, 11) is 0. The van der Waals surface area contributed by atoms with Gasteiger partial charge in [-0.05, 0) is 32.8 Å². The first kappa shape index (κ1) is 11.1. The third-order valence-corrected chi connectivity index (χ3v) is 2.65. The predicted molar refractivity (Wildman–Crippen MR) is 58.9 cm³/mol. The Morgan fingerprint density at radius 2 is 2.38 bits per heavy atom. The van der Waals surface area contributed by atoms with Crippen LogP contribution < -0.4 is 0 Å². The van der Waals surface area contributed by atoms with Crippen molar-refractivity contribution in [3.8, 4) is 0 Å². The topological polar surface area (TPSA) is 47.4 Å². The number of hydrogen-bond donors (Lipinski definition) is 0. The summed E-state index contributed by atoms with van der Waals surface area (Å²) in [6.07, 6.45) is 2.03. The molecule has 0 aromatic carbocycles. The van der Waals surface area contributed by atoms with Crippen LogP contribution in [0.15, 0.2) is 6.07 Å². The van der Waals surface area contributed by atoms with Gasteiger partial charge >= 0.3 is 0 Å². The van der Waals surface area contributed by atoms with Gasteiger partial charge in [-0.2, -0.15) is 5.10 Å². The van der Waals surface area contributed by atoms with Crippen LogP contribution in [0.25, 0.3) is 0 Å². The van der Waals surface area contributed by atoms with E-state index in [0.29, 0.717) is 25.4 Å². The summed E-state index contributed by atoms with van der Waals surface area (Å²) < 4.78 is 1.72. The number of hydroxylamine groups is 2. The molecule has 2 heterocycles. The lowest BCUT2D eigenvalue weighted by molar-refractivity contribution is -0.144. The third-order valence-electron chi connectivity index (χ3n) is 2.65. The molecule has 0 spiro atoms. The number of aryl methyl sites for hydroxylation is 2. The number of carbonyl (C=O) groups is 1. The van der Waals surface area contributed by atoms with Crippen LogP contribution in [0.2, 0.25) is 0 Å². The summed E-state index contributed by atoms with van der Waals surface area (Å²) in [5.74, 6) is -0.0813. The van der Waals surface area contributed by atoms with Crippen molar-refractivity contribution < 1.29 is 9.63 Å². The van der Waals surface area contributed by atoms with E-state index in [1.807, 2.05) is 19.9 Å². The molecule has 16 heavy (non-hydrogen) atoms. The van der Waals surface area contributed by atoms with E-state index in [2.05, 4.69) is 5.10 Å². The van der Waals surface area contributed by atoms with E-state index in [0.717, 1.165) is 18.5 Å². The molecule has 1 aromatic heterocycles. The number of amides is 1. The van der Waals surface area contributed by atoms with E-state index in [1.54, 1.807) is 4.68 Å². The highest BCUT2D eigenvalue weighted by Crippen LogP contribution is 2.12. The maximum Gasteiger partial charge on any atom is 0.295 e. The molecule has 0 atom stereocenters. The Labute approximate surface area is 94.9 Å². The van der Waals surface area contributed by atoms with E-state index in [4.69, 9.17) is 4.84 Å². The molecular weight excluding hydrogens is 206 g/mol. The number of carbonyl (C=O) groups excluding carboxylic acids is 1. The van der Waals surface area contributed by atoms with Crippen molar-refractivity contribution in [1.82, 2.24) is 14.8 Å². The van der Waals surface area contributed by atoms with Crippen LogP contribution in [0.3, 0.4) is 0 Å². The zero-order chi connectivity index (χ0) is 11.5. The molecule has 88 valence electrons. The van der Waals surface area contributed by atoms with Gasteiger partial charge in [0.15, 0.2) is 0 Å². The highest BCUT2D eigenvalue weighted by molar-refractivity contribution is 5.92. The van der Waals surface area contributed by atoms with Crippen LogP contribution in [0, 0.1) is 6.92 Å². The minimum atomic E-state index is -0.0813. The van der Waals surface area contributed by atoms with Gasteiger partial charge in [0.1, 0.15) is 5.69 Å². The lowest BCUT2D eigenvalue weighted by atomic mass is 10.3. The summed E-state index contributed by atoms with van der Waals surface area (Å²) in [6.45, 7) is 5.86. The summed E-state index contributed by atoms with van der Waals surface area (Å²) >= 11 is 0. The highest BCUT2D eigenvalue weighted by Gasteiger charge is 2.22. The normalized spacial score (nSPS) is 16.5. The highest BCUT2D eigenvalue weighted by atomic mass is 16.7. The minimum absolute atomic E-state index is 0.0813. The van der Waals surface area contributed by atoms with Crippen molar-refractivity contribution in [3.63, 3.8) is 0 Å². The summed E-state index contributed by atoms with van der Waals surface area (Å²) in [6, 6.07) is 1.81. The first-order valence-corrected chi connectivity index (χ1v) is 5.71. The molecule has 1 aromatic rings. The zero-order valence-corrected chi connectivity index (χ0v) is 9.77. The first-order valence-electron chi connectivity index (χ1n) is 5.71. The van der Waals surface area contributed by atoms with Gasteiger partial charge in [0.05, 0.1) is 12.3 Å². The molecule has 0 unspecified atom stereocenters. The molecule has 0 bridgehead atoms. The minimum Gasteiger partial charge on any atom is -0.271 e. The smallest absolute Gasteiger partial charge is 0.271 e. The van der Waals surface area contributed by atoms with Gasteiger partial charge in [0, 0.05) is 13.1 Å². The molecule has 5 heteroatoms. The van der Waals surface area contributed by atoms with E-state index in [-0.39, 0.29) is 5.91 Å². The fraction of sp³-hybridized carbons (Fsp3) is 0.636. The largest absolute Gasteiger partial charge is 0.295 e. The molecule has 2 rings (SSSR count). The molecule has 0 saturated carbocycles. The van der Waals surface area contributed by atoms with Gasteiger partial charge in [-0.3, -0.25) is 14.3 Å².